The smallest absolute Gasteiger partial charge is 0.200 e. The molecule has 0 radical (unpaired) electrons. The Labute approximate surface area is 388 Å². The van der Waals surface area contributed by atoms with Crippen molar-refractivity contribution in [2.75, 3.05) is 0 Å². The van der Waals surface area contributed by atoms with Crippen LogP contribution in [0.5, 0.6) is 11.5 Å². The number of benzene rings is 8. The summed E-state index contributed by atoms with van der Waals surface area (Å²) in [7, 11) is -0.125. The van der Waals surface area contributed by atoms with Gasteiger partial charge in [-0.2, -0.15) is 0 Å². The fourth-order valence-corrected chi connectivity index (χ4v) is 9.75. The third-order valence-corrected chi connectivity index (χ3v) is 12.9. The molecule has 71 heavy (non-hydrogen) atoms. The lowest BCUT2D eigenvalue weighted by atomic mass is 9.12. The van der Waals surface area contributed by atoms with E-state index >= 15 is 35.1 Å². The molecule has 0 saturated heterocycles. The van der Waals surface area contributed by atoms with Gasteiger partial charge in [0.2, 0.25) is 0 Å². The van der Waals surface area contributed by atoms with Crippen LogP contribution < -0.4 is 26.6 Å². The highest BCUT2D eigenvalue weighted by molar-refractivity contribution is 7.97. The number of ether oxygens (including phenoxy) is 1. The van der Waals surface area contributed by atoms with E-state index in [-0.39, 0.29) is 10.9 Å². The Bertz CT molecular complexity index is 2910. The van der Waals surface area contributed by atoms with Crippen molar-refractivity contribution in [2.24, 2.45) is 0 Å². The van der Waals surface area contributed by atoms with Crippen LogP contribution in [0.25, 0.3) is 0 Å². The highest BCUT2D eigenvalue weighted by Crippen LogP contribution is 2.34. The van der Waals surface area contributed by atoms with E-state index in [4.69, 9.17) is 4.74 Å². The number of hydrogen-bond acceptors (Lipinski definition) is 1. The average Bonchev–Trinajstić information content (AvgIpc) is 3.38. The van der Waals surface area contributed by atoms with Crippen LogP contribution in [0.4, 0.5) is 87.8 Å². The second kappa shape index (κ2) is 20.1. The highest BCUT2D eigenvalue weighted by Gasteiger charge is 2.52. The SMILES string of the molecule is Fc1c(F)c(F)c([B-](c2c(F)c(F)c(F)c(F)c2F)(c2c(F)c(F)c(F)c(F)c2F)c2c(F)c(F)c(F)c(F)c2F)c(F)c1F.c1ccc(Oc2ccc([S+](c3ccccc3)c3ccccc3)cc2)cc1. The van der Waals surface area contributed by atoms with Crippen LogP contribution in [0, 0.1) is 116 Å². The third kappa shape index (κ3) is 8.69. The largest absolute Gasteiger partial charge is 0.457 e. The molecule has 1 nitrogen and oxygen atoms in total. The summed E-state index contributed by atoms with van der Waals surface area (Å²) in [6.07, 6.45) is -7.22. The fourth-order valence-electron chi connectivity index (χ4n) is 7.66. The molecule has 0 unspecified atom stereocenters. The molecule has 366 valence electrons. The Balaban J connectivity index is 0.000000240. The summed E-state index contributed by atoms with van der Waals surface area (Å²) >= 11 is 0. The zero-order valence-electron chi connectivity index (χ0n) is 34.4. The molecular formula is C48H19BF20OS. The molecule has 0 heterocycles. The van der Waals surface area contributed by atoms with Gasteiger partial charge in [-0.3, -0.25) is 0 Å². The summed E-state index contributed by atoms with van der Waals surface area (Å²) in [4.78, 5) is 3.91. The van der Waals surface area contributed by atoms with Crippen molar-refractivity contribution in [3.63, 3.8) is 0 Å². The molecule has 0 aliphatic rings. The van der Waals surface area contributed by atoms with Crippen LogP contribution in [0.15, 0.2) is 130 Å². The molecule has 0 atom stereocenters. The van der Waals surface area contributed by atoms with E-state index in [9.17, 15) is 52.7 Å². The van der Waals surface area contributed by atoms with Crippen molar-refractivity contribution in [3.05, 3.63) is 232 Å². The molecule has 8 aromatic rings. The standard InChI is InChI=1S/C24BF20.C24H19OS/c26-5-1(6(27)14(35)21(42)13(5)34)25(2-7(28)15(36)22(43)16(37)8(2)29,3-9(30)17(38)23(44)18(39)10(3)31)4-11(32)19(40)24(45)20(41)12(4)33;1-4-10-20(11-5-1)25-21-16-18-24(19-17-21)26(22-12-6-2-7-13-22)23-14-8-3-9-15-23/h;1-19H/q-1;+1. The summed E-state index contributed by atoms with van der Waals surface area (Å²) < 4.78 is 300. The van der Waals surface area contributed by atoms with Gasteiger partial charge in [0.15, 0.2) is 84.5 Å². The van der Waals surface area contributed by atoms with Gasteiger partial charge in [0, 0.05) is 0 Å². The van der Waals surface area contributed by atoms with Gasteiger partial charge in [0.25, 0.3) is 0 Å². The highest BCUT2D eigenvalue weighted by atomic mass is 32.2. The van der Waals surface area contributed by atoms with Crippen molar-refractivity contribution < 1.29 is 92.5 Å². The van der Waals surface area contributed by atoms with Crippen molar-refractivity contribution in [1.29, 1.82) is 0 Å². The average molecular weight is 1030 g/mol. The number of para-hydroxylation sites is 1. The van der Waals surface area contributed by atoms with E-state index < -0.39 is 144 Å². The number of halogens is 20. The van der Waals surface area contributed by atoms with E-state index in [2.05, 4.69) is 72.8 Å². The van der Waals surface area contributed by atoms with E-state index in [1.807, 2.05) is 42.5 Å². The lowest BCUT2D eigenvalue weighted by Gasteiger charge is -2.44. The molecule has 0 saturated carbocycles. The van der Waals surface area contributed by atoms with E-state index in [1.165, 1.54) is 14.7 Å². The molecule has 0 fully saturated rings. The van der Waals surface area contributed by atoms with Gasteiger partial charge in [0.05, 0.1) is 10.9 Å². The topological polar surface area (TPSA) is 9.23 Å². The molecule has 0 aliphatic carbocycles. The van der Waals surface area contributed by atoms with Crippen LogP contribution in [0.2, 0.25) is 0 Å². The van der Waals surface area contributed by atoms with Crippen LogP contribution in [-0.4, -0.2) is 6.15 Å². The Morgan fingerprint density at radius 1 is 0.225 bits per heavy atom. The molecule has 0 N–H and O–H groups in total. The van der Waals surface area contributed by atoms with Crippen molar-refractivity contribution >= 4 is 38.9 Å². The van der Waals surface area contributed by atoms with Gasteiger partial charge >= 0.3 is 0 Å². The maximum Gasteiger partial charge on any atom is 0.200 e. The normalized spacial score (nSPS) is 11.5. The Morgan fingerprint density at radius 2 is 0.423 bits per heavy atom. The van der Waals surface area contributed by atoms with Crippen molar-refractivity contribution in [1.82, 2.24) is 0 Å². The first-order valence-electron chi connectivity index (χ1n) is 19.5. The van der Waals surface area contributed by atoms with Crippen molar-refractivity contribution in [2.45, 2.75) is 14.7 Å². The molecule has 8 rings (SSSR count). The minimum absolute atomic E-state index is 0.125. The molecular weight excluding hydrogens is 1020 g/mol. The first kappa shape index (κ1) is 51.4. The van der Waals surface area contributed by atoms with Gasteiger partial charge in [-0.05, 0) is 60.7 Å². The first-order chi connectivity index (χ1) is 33.6. The van der Waals surface area contributed by atoms with Crippen LogP contribution in [0.3, 0.4) is 0 Å². The fraction of sp³-hybridized carbons (Fsp3) is 0. The molecule has 0 aromatic heterocycles. The van der Waals surface area contributed by atoms with Gasteiger partial charge in [-0.15, -0.1) is 21.9 Å². The minimum Gasteiger partial charge on any atom is -0.457 e. The van der Waals surface area contributed by atoms with Gasteiger partial charge in [-0.25, -0.2) is 87.8 Å². The van der Waals surface area contributed by atoms with E-state index in [0.717, 1.165) is 11.5 Å². The van der Waals surface area contributed by atoms with E-state index in [1.54, 1.807) is 0 Å². The van der Waals surface area contributed by atoms with Crippen LogP contribution in [0.1, 0.15) is 0 Å². The first-order valence-corrected chi connectivity index (χ1v) is 20.7. The zero-order valence-corrected chi connectivity index (χ0v) is 35.2. The monoisotopic (exact) mass is 1030 g/mol. The predicted molar refractivity (Wildman–Crippen MR) is 217 cm³/mol. The summed E-state index contributed by atoms with van der Waals surface area (Å²) in [5, 5.41) is 0. The zero-order chi connectivity index (χ0) is 52.0. The lowest BCUT2D eigenvalue weighted by Crippen LogP contribution is -2.81. The van der Waals surface area contributed by atoms with Gasteiger partial charge < -0.3 is 4.74 Å². The van der Waals surface area contributed by atoms with Gasteiger partial charge in [-0.1, -0.05) is 54.6 Å². The minimum atomic E-state index is -7.22. The summed E-state index contributed by atoms with van der Waals surface area (Å²) in [6.45, 7) is 0. The molecule has 0 spiro atoms. The number of hydrogen-bond donors (Lipinski definition) is 0. The molecule has 0 aliphatic heterocycles. The second-order valence-corrected chi connectivity index (χ2v) is 16.6. The summed E-state index contributed by atoms with van der Waals surface area (Å²) in [6, 6.07) is 39.6. The molecule has 0 bridgehead atoms. The molecule has 8 aromatic carbocycles. The molecule has 0 amide bonds. The van der Waals surface area contributed by atoms with Gasteiger partial charge in [0.1, 0.15) is 64.2 Å². The lowest BCUT2D eigenvalue weighted by molar-refractivity contribution is 0.378. The van der Waals surface area contributed by atoms with E-state index in [0.29, 0.717) is 0 Å². The maximum absolute atomic E-state index is 15.4. The number of rotatable bonds is 9. The quantitative estimate of drug-likeness (QED) is 0.0460. The maximum atomic E-state index is 15.4. The van der Waals surface area contributed by atoms with Crippen LogP contribution >= 0.6 is 0 Å². The second-order valence-electron chi connectivity index (χ2n) is 14.6. The Hall–Kier alpha value is -7.43. The third-order valence-electron chi connectivity index (χ3n) is 10.7. The van der Waals surface area contributed by atoms with Crippen molar-refractivity contribution in [3.8, 4) is 11.5 Å². The predicted octanol–water partition coefficient (Wildman–Crippen LogP) is 12.4. The Kier molecular flexibility index (Phi) is 14.6. The summed E-state index contributed by atoms with van der Waals surface area (Å²) in [5.74, 6) is -69.7. The summed E-state index contributed by atoms with van der Waals surface area (Å²) in [5.41, 5.74) is -14.3. The molecule has 23 heteroatoms. The Morgan fingerprint density at radius 3 is 0.676 bits per heavy atom. The van der Waals surface area contributed by atoms with Crippen LogP contribution in [-0.2, 0) is 10.9 Å².